The lowest BCUT2D eigenvalue weighted by molar-refractivity contribution is 0.635. The number of aryl methyl sites for hydroxylation is 1. The van der Waals surface area contributed by atoms with Gasteiger partial charge in [0.05, 0.1) is 5.02 Å². The maximum absolute atomic E-state index is 13.9. The lowest BCUT2D eigenvalue weighted by Crippen LogP contribution is -2.00. The normalized spacial score (nSPS) is 15.5. The van der Waals surface area contributed by atoms with Crippen LogP contribution in [0.2, 0.25) is 5.02 Å². The first-order valence-corrected chi connectivity index (χ1v) is 7.30. The fourth-order valence-corrected chi connectivity index (χ4v) is 3.60. The number of benzene rings is 1. The van der Waals surface area contributed by atoms with Gasteiger partial charge in [0, 0.05) is 15.6 Å². The van der Waals surface area contributed by atoms with E-state index in [-0.39, 0.29) is 5.82 Å². The molecule has 3 rings (SSSR count). The second-order valence-corrected chi connectivity index (χ2v) is 5.90. The van der Waals surface area contributed by atoms with Crippen molar-refractivity contribution in [2.24, 2.45) is 0 Å². The van der Waals surface area contributed by atoms with Crippen LogP contribution in [0.15, 0.2) is 16.6 Å². The first-order valence-electron chi connectivity index (χ1n) is 6.13. The Kier molecular flexibility index (Phi) is 3.29. The molecule has 1 aromatic heterocycles. The molecule has 0 saturated heterocycles. The highest BCUT2D eigenvalue weighted by Gasteiger charge is 2.19. The number of hydrogen-bond donors (Lipinski definition) is 0. The van der Waals surface area contributed by atoms with Crippen molar-refractivity contribution in [2.75, 3.05) is 0 Å². The van der Waals surface area contributed by atoms with Gasteiger partial charge < -0.3 is 0 Å². The summed E-state index contributed by atoms with van der Waals surface area (Å²) in [4.78, 5) is 4.51. The Bertz CT molecular complexity index is 627. The fraction of sp³-hybridized carbons (Fsp3) is 0.357. The van der Waals surface area contributed by atoms with Crippen LogP contribution in [-0.2, 0) is 12.8 Å². The number of fused-ring (bicyclic) bond motifs is 2. The van der Waals surface area contributed by atoms with E-state index in [4.69, 9.17) is 11.6 Å². The highest BCUT2D eigenvalue weighted by molar-refractivity contribution is 9.10. The van der Waals surface area contributed by atoms with E-state index in [2.05, 4.69) is 20.9 Å². The minimum atomic E-state index is -0.304. The van der Waals surface area contributed by atoms with Crippen LogP contribution in [0.3, 0.4) is 0 Å². The van der Waals surface area contributed by atoms with Gasteiger partial charge in [0.1, 0.15) is 11.3 Å². The fourth-order valence-electron chi connectivity index (χ4n) is 2.57. The minimum Gasteiger partial charge on any atom is -0.249 e. The standard InChI is InChI=1S/C14H12BrClFN/c15-9-6-7-10(17)14-12(9)13(16)8-4-2-1-3-5-11(8)18-14/h6-7H,1-5H2. The van der Waals surface area contributed by atoms with Crippen LogP contribution in [0.1, 0.15) is 30.5 Å². The number of aromatic nitrogens is 1. The van der Waals surface area contributed by atoms with E-state index in [0.717, 1.165) is 41.4 Å². The smallest absolute Gasteiger partial charge is 0.149 e. The summed E-state index contributed by atoms with van der Waals surface area (Å²) in [5, 5.41) is 1.38. The molecule has 0 N–H and O–H groups in total. The Morgan fingerprint density at radius 3 is 2.78 bits per heavy atom. The predicted molar refractivity (Wildman–Crippen MR) is 75.7 cm³/mol. The van der Waals surface area contributed by atoms with E-state index in [1.807, 2.05) is 0 Å². The average molecular weight is 329 g/mol. The van der Waals surface area contributed by atoms with Crippen LogP contribution in [-0.4, -0.2) is 4.98 Å². The van der Waals surface area contributed by atoms with Gasteiger partial charge in [0.2, 0.25) is 0 Å². The summed E-state index contributed by atoms with van der Waals surface area (Å²) in [5.41, 5.74) is 2.46. The van der Waals surface area contributed by atoms with Crippen molar-refractivity contribution in [2.45, 2.75) is 32.1 Å². The molecule has 1 heterocycles. The van der Waals surface area contributed by atoms with E-state index in [1.54, 1.807) is 6.07 Å². The van der Waals surface area contributed by atoms with Gasteiger partial charge in [-0.15, -0.1) is 0 Å². The number of nitrogens with zero attached hydrogens (tertiary/aromatic N) is 1. The molecule has 0 spiro atoms. The van der Waals surface area contributed by atoms with Crippen LogP contribution in [0.4, 0.5) is 4.39 Å². The summed E-state index contributed by atoms with van der Waals surface area (Å²) < 4.78 is 14.7. The van der Waals surface area contributed by atoms with Gasteiger partial charge in [-0.3, -0.25) is 0 Å². The molecule has 0 saturated carbocycles. The molecule has 0 atom stereocenters. The van der Waals surface area contributed by atoms with E-state index >= 15 is 0 Å². The third kappa shape index (κ3) is 1.94. The third-order valence-electron chi connectivity index (χ3n) is 3.50. The minimum absolute atomic E-state index is 0.304. The first-order chi connectivity index (χ1) is 8.68. The van der Waals surface area contributed by atoms with Gasteiger partial charge in [-0.2, -0.15) is 0 Å². The van der Waals surface area contributed by atoms with Crippen molar-refractivity contribution in [1.29, 1.82) is 0 Å². The Hall–Kier alpha value is -0.670. The quantitative estimate of drug-likeness (QED) is 0.616. The second kappa shape index (κ2) is 4.78. The maximum Gasteiger partial charge on any atom is 0.149 e. The summed E-state index contributed by atoms with van der Waals surface area (Å²) in [5.74, 6) is -0.304. The summed E-state index contributed by atoms with van der Waals surface area (Å²) in [7, 11) is 0. The molecule has 0 aliphatic heterocycles. The molecule has 18 heavy (non-hydrogen) atoms. The van der Waals surface area contributed by atoms with Crippen LogP contribution in [0.25, 0.3) is 10.9 Å². The zero-order valence-electron chi connectivity index (χ0n) is 9.77. The molecular formula is C14H12BrClFN. The largest absolute Gasteiger partial charge is 0.249 e. The SMILES string of the molecule is Fc1ccc(Br)c2c(Cl)c3c(nc12)CCCCC3. The summed E-state index contributed by atoms with van der Waals surface area (Å²) in [6.45, 7) is 0. The number of rotatable bonds is 0. The van der Waals surface area contributed by atoms with Crippen LogP contribution in [0.5, 0.6) is 0 Å². The summed E-state index contributed by atoms with van der Waals surface area (Å²) >= 11 is 9.91. The first kappa shape index (κ1) is 12.4. The Morgan fingerprint density at radius 2 is 1.94 bits per heavy atom. The molecular weight excluding hydrogens is 317 g/mol. The molecule has 0 radical (unpaired) electrons. The number of halogens is 3. The molecule has 1 aliphatic carbocycles. The topological polar surface area (TPSA) is 12.9 Å². The molecule has 1 aliphatic rings. The maximum atomic E-state index is 13.9. The van der Waals surface area contributed by atoms with Gasteiger partial charge in [0.15, 0.2) is 0 Å². The Labute approximate surface area is 118 Å². The third-order valence-corrected chi connectivity index (χ3v) is 4.58. The molecule has 94 valence electrons. The van der Waals surface area contributed by atoms with Gasteiger partial charge in [-0.25, -0.2) is 9.37 Å². The van der Waals surface area contributed by atoms with Gasteiger partial charge >= 0.3 is 0 Å². The molecule has 1 nitrogen and oxygen atoms in total. The van der Waals surface area contributed by atoms with E-state index in [0.29, 0.717) is 15.9 Å². The Morgan fingerprint density at radius 1 is 1.17 bits per heavy atom. The number of pyridine rings is 1. The van der Waals surface area contributed by atoms with Crippen molar-refractivity contribution < 1.29 is 4.39 Å². The van der Waals surface area contributed by atoms with E-state index < -0.39 is 0 Å². The molecule has 0 amide bonds. The van der Waals surface area contributed by atoms with E-state index in [1.165, 1.54) is 12.5 Å². The molecule has 0 fully saturated rings. The average Bonchev–Trinajstić information content (AvgIpc) is 2.59. The van der Waals surface area contributed by atoms with E-state index in [9.17, 15) is 4.39 Å². The monoisotopic (exact) mass is 327 g/mol. The second-order valence-electron chi connectivity index (χ2n) is 4.66. The zero-order chi connectivity index (χ0) is 12.7. The van der Waals surface area contributed by atoms with Crippen molar-refractivity contribution in [3.05, 3.63) is 38.7 Å². The zero-order valence-corrected chi connectivity index (χ0v) is 12.1. The number of hydrogen-bond acceptors (Lipinski definition) is 1. The lowest BCUT2D eigenvalue weighted by Gasteiger charge is -2.12. The summed E-state index contributed by atoms with van der Waals surface area (Å²) in [6.07, 6.45) is 5.27. The van der Waals surface area contributed by atoms with Crippen LogP contribution < -0.4 is 0 Å². The van der Waals surface area contributed by atoms with Crippen molar-refractivity contribution in [3.63, 3.8) is 0 Å². The van der Waals surface area contributed by atoms with Gasteiger partial charge in [-0.05, 0) is 43.4 Å². The van der Waals surface area contributed by atoms with Gasteiger partial charge in [0.25, 0.3) is 0 Å². The molecule has 4 heteroatoms. The highest BCUT2D eigenvalue weighted by Crippen LogP contribution is 2.36. The molecule has 0 unspecified atom stereocenters. The molecule has 1 aromatic carbocycles. The van der Waals surface area contributed by atoms with Crippen molar-refractivity contribution >= 4 is 38.4 Å². The Balaban J connectivity index is 2.38. The van der Waals surface area contributed by atoms with Crippen molar-refractivity contribution in [1.82, 2.24) is 4.98 Å². The van der Waals surface area contributed by atoms with Crippen molar-refractivity contribution in [3.8, 4) is 0 Å². The predicted octanol–water partition coefficient (Wildman–Crippen LogP) is 5.06. The summed E-state index contributed by atoms with van der Waals surface area (Å²) in [6, 6.07) is 3.12. The molecule has 2 aromatic rings. The lowest BCUT2D eigenvalue weighted by atomic mass is 10.0. The van der Waals surface area contributed by atoms with Crippen LogP contribution in [0, 0.1) is 5.82 Å². The van der Waals surface area contributed by atoms with Crippen LogP contribution >= 0.6 is 27.5 Å². The van der Waals surface area contributed by atoms with Gasteiger partial charge in [-0.1, -0.05) is 34.0 Å². The molecule has 0 bridgehead atoms. The highest BCUT2D eigenvalue weighted by atomic mass is 79.9.